The molecule has 0 aliphatic heterocycles. The Balaban J connectivity index is 2.36. The summed E-state index contributed by atoms with van der Waals surface area (Å²) in [5.74, 6) is 0.797. The number of aryl methyl sites for hydroxylation is 2. The Kier molecular flexibility index (Phi) is 2.70. The predicted octanol–water partition coefficient (Wildman–Crippen LogP) is 5.03. The van der Waals surface area contributed by atoms with Crippen molar-refractivity contribution >= 4 is 10.9 Å². The van der Waals surface area contributed by atoms with Crippen LogP contribution in [0.4, 0.5) is 0 Å². The maximum absolute atomic E-state index is 4.82. The van der Waals surface area contributed by atoms with Gasteiger partial charge in [0.15, 0.2) is 0 Å². The Labute approximate surface area is 116 Å². The number of hydrogen-bond acceptors (Lipinski definition) is 1. The number of nitrogens with zero attached hydrogens (tertiary/aromatic N) is 1. The van der Waals surface area contributed by atoms with Crippen LogP contribution in [0.2, 0.25) is 0 Å². The van der Waals surface area contributed by atoms with Crippen LogP contribution >= 0.6 is 0 Å². The van der Waals surface area contributed by atoms with Gasteiger partial charge in [0.05, 0.1) is 5.52 Å². The molecule has 1 aromatic heterocycles. The molecule has 1 aromatic carbocycles. The quantitative estimate of drug-likeness (QED) is 0.695. The first kappa shape index (κ1) is 12.7. The predicted molar refractivity (Wildman–Crippen MR) is 81.9 cm³/mol. The summed E-state index contributed by atoms with van der Waals surface area (Å²) in [4.78, 5) is 4.82. The minimum Gasteiger partial charge on any atom is -0.253 e. The van der Waals surface area contributed by atoms with E-state index in [9.17, 15) is 0 Å². The van der Waals surface area contributed by atoms with Crippen molar-refractivity contribution in [3.8, 4) is 0 Å². The van der Waals surface area contributed by atoms with E-state index in [-0.39, 0.29) is 5.41 Å². The zero-order valence-electron chi connectivity index (χ0n) is 12.7. The number of hydrogen-bond donors (Lipinski definition) is 0. The Morgan fingerprint density at radius 2 is 1.74 bits per heavy atom. The van der Waals surface area contributed by atoms with Crippen LogP contribution < -0.4 is 0 Å². The van der Waals surface area contributed by atoms with Crippen molar-refractivity contribution in [1.29, 1.82) is 0 Å². The number of fused-ring (bicyclic) bond motifs is 1. The van der Waals surface area contributed by atoms with Gasteiger partial charge in [-0.25, -0.2) is 0 Å². The summed E-state index contributed by atoms with van der Waals surface area (Å²) in [5, 5.41) is 1.35. The van der Waals surface area contributed by atoms with Gasteiger partial charge in [0, 0.05) is 11.1 Å². The molecular formula is C18H23N. The molecule has 0 amide bonds. The average molecular weight is 253 g/mol. The highest BCUT2D eigenvalue weighted by Gasteiger charge is 2.27. The van der Waals surface area contributed by atoms with Crippen molar-refractivity contribution in [1.82, 2.24) is 4.98 Å². The zero-order valence-corrected chi connectivity index (χ0v) is 12.7. The van der Waals surface area contributed by atoms with Gasteiger partial charge < -0.3 is 0 Å². The van der Waals surface area contributed by atoms with Gasteiger partial charge in [-0.3, -0.25) is 4.98 Å². The second-order valence-corrected chi connectivity index (χ2v) is 7.07. The molecule has 2 aromatic rings. The molecule has 1 nitrogen and oxygen atoms in total. The maximum atomic E-state index is 4.82. The molecule has 1 heterocycles. The second kappa shape index (κ2) is 4.06. The van der Waals surface area contributed by atoms with Gasteiger partial charge in [-0.2, -0.15) is 0 Å². The summed E-state index contributed by atoms with van der Waals surface area (Å²) >= 11 is 0. The summed E-state index contributed by atoms with van der Waals surface area (Å²) < 4.78 is 0. The van der Waals surface area contributed by atoms with Crippen LogP contribution in [0.5, 0.6) is 0 Å². The largest absolute Gasteiger partial charge is 0.253 e. The smallest absolute Gasteiger partial charge is 0.0745 e. The number of rotatable bonds is 1. The molecule has 1 aliphatic rings. The fourth-order valence-electron chi connectivity index (χ4n) is 2.90. The molecule has 1 fully saturated rings. The highest BCUT2D eigenvalue weighted by molar-refractivity contribution is 5.87. The zero-order chi connectivity index (χ0) is 13.8. The second-order valence-electron chi connectivity index (χ2n) is 7.07. The summed E-state index contributed by atoms with van der Waals surface area (Å²) in [6.45, 7) is 11.2. The van der Waals surface area contributed by atoms with E-state index < -0.39 is 0 Å². The lowest BCUT2D eigenvalue weighted by Gasteiger charge is -2.23. The van der Waals surface area contributed by atoms with Crippen molar-refractivity contribution in [2.45, 2.75) is 58.8 Å². The van der Waals surface area contributed by atoms with E-state index in [0.29, 0.717) is 0 Å². The topological polar surface area (TPSA) is 12.9 Å². The van der Waals surface area contributed by atoms with Gasteiger partial charge in [-0.1, -0.05) is 26.8 Å². The fraction of sp³-hybridized carbons (Fsp3) is 0.500. The third-order valence-electron chi connectivity index (χ3n) is 4.13. The normalized spacial score (nSPS) is 16.1. The molecule has 100 valence electrons. The Bertz CT molecular complexity index is 643. The highest BCUT2D eigenvalue weighted by atomic mass is 14.7. The first-order chi connectivity index (χ1) is 8.86. The molecule has 3 rings (SSSR count). The Morgan fingerprint density at radius 3 is 2.32 bits per heavy atom. The molecule has 1 heteroatoms. The molecule has 0 spiro atoms. The van der Waals surface area contributed by atoms with E-state index in [2.05, 4.69) is 52.8 Å². The standard InChI is InChI=1S/C18H23N/c1-11-8-12(2)19-17-15(11)9-14(13-6-7-13)10-16(17)18(3,4)5/h8-10,13H,6-7H2,1-5H3. The number of benzene rings is 1. The van der Waals surface area contributed by atoms with Gasteiger partial charge in [-0.05, 0) is 66.8 Å². The van der Waals surface area contributed by atoms with Crippen LogP contribution in [0.25, 0.3) is 10.9 Å². The van der Waals surface area contributed by atoms with Gasteiger partial charge in [-0.15, -0.1) is 0 Å². The van der Waals surface area contributed by atoms with Crippen molar-refractivity contribution in [3.63, 3.8) is 0 Å². The molecule has 0 N–H and O–H groups in total. The number of pyridine rings is 1. The third-order valence-corrected chi connectivity index (χ3v) is 4.13. The van der Waals surface area contributed by atoms with E-state index in [1.807, 2.05) is 0 Å². The third kappa shape index (κ3) is 2.27. The van der Waals surface area contributed by atoms with Crippen LogP contribution in [-0.4, -0.2) is 4.98 Å². The summed E-state index contributed by atoms with van der Waals surface area (Å²) in [6, 6.07) is 6.99. The van der Waals surface area contributed by atoms with E-state index in [4.69, 9.17) is 4.98 Å². The SMILES string of the molecule is Cc1cc(C)c2cc(C3CC3)cc(C(C)(C)C)c2n1. The van der Waals surface area contributed by atoms with E-state index in [1.165, 1.54) is 40.4 Å². The summed E-state index contributed by atoms with van der Waals surface area (Å²) in [5.41, 5.74) is 6.75. The molecular weight excluding hydrogens is 230 g/mol. The lowest BCUT2D eigenvalue weighted by Crippen LogP contribution is -2.13. The van der Waals surface area contributed by atoms with Crippen molar-refractivity contribution in [2.24, 2.45) is 0 Å². The van der Waals surface area contributed by atoms with E-state index in [1.54, 1.807) is 0 Å². The van der Waals surface area contributed by atoms with E-state index >= 15 is 0 Å². The van der Waals surface area contributed by atoms with Gasteiger partial charge >= 0.3 is 0 Å². The lowest BCUT2D eigenvalue weighted by atomic mass is 9.83. The molecule has 0 unspecified atom stereocenters. The molecule has 1 aliphatic carbocycles. The minimum atomic E-state index is 0.149. The minimum absolute atomic E-state index is 0.149. The molecule has 0 saturated heterocycles. The van der Waals surface area contributed by atoms with Crippen LogP contribution in [0, 0.1) is 13.8 Å². The summed E-state index contributed by atoms with van der Waals surface area (Å²) in [7, 11) is 0. The molecule has 0 atom stereocenters. The maximum Gasteiger partial charge on any atom is 0.0745 e. The van der Waals surface area contributed by atoms with Crippen LogP contribution in [0.15, 0.2) is 18.2 Å². The van der Waals surface area contributed by atoms with Crippen LogP contribution in [-0.2, 0) is 5.41 Å². The van der Waals surface area contributed by atoms with Crippen molar-refractivity contribution < 1.29 is 0 Å². The molecule has 1 saturated carbocycles. The van der Waals surface area contributed by atoms with Crippen molar-refractivity contribution in [3.05, 3.63) is 40.6 Å². The first-order valence-corrected chi connectivity index (χ1v) is 7.28. The van der Waals surface area contributed by atoms with Crippen LogP contribution in [0.3, 0.4) is 0 Å². The summed E-state index contributed by atoms with van der Waals surface area (Å²) in [6.07, 6.45) is 2.71. The molecule has 0 bridgehead atoms. The monoisotopic (exact) mass is 253 g/mol. The molecule has 0 radical (unpaired) electrons. The Hall–Kier alpha value is -1.37. The highest BCUT2D eigenvalue weighted by Crippen LogP contribution is 2.43. The fourth-order valence-corrected chi connectivity index (χ4v) is 2.90. The first-order valence-electron chi connectivity index (χ1n) is 7.28. The van der Waals surface area contributed by atoms with Gasteiger partial charge in [0.1, 0.15) is 0 Å². The Morgan fingerprint density at radius 1 is 1.05 bits per heavy atom. The number of aromatic nitrogens is 1. The van der Waals surface area contributed by atoms with Gasteiger partial charge in [0.2, 0.25) is 0 Å². The van der Waals surface area contributed by atoms with E-state index in [0.717, 1.165) is 11.6 Å². The van der Waals surface area contributed by atoms with Crippen LogP contribution in [0.1, 0.15) is 61.9 Å². The lowest BCUT2D eigenvalue weighted by molar-refractivity contribution is 0.593. The average Bonchev–Trinajstić information content (AvgIpc) is 3.10. The van der Waals surface area contributed by atoms with Gasteiger partial charge in [0.25, 0.3) is 0 Å². The molecule has 19 heavy (non-hydrogen) atoms. The van der Waals surface area contributed by atoms with Crippen molar-refractivity contribution in [2.75, 3.05) is 0 Å².